The van der Waals surface area contributed by atoms with Crippen molar-refractivity contribution in [1.82, 2.24) is 5.32 Å². The fraction of sp³-hybridized carbons (Fsp3) is 0.625. The Labute approximate surface area is 114 Å². The lowest BCUT2D eigenvalue weighted by atomic mass is 9.75. The quantitative estimate of drug-likeness (QED) is 0.879. The number of nitrogens with one attached hydrogen (secondary N) is 1. The molecule has 0 aliphatic heterocycles. The number of aliphatic hydroxyl groups excluding tert-OH is 1. The van der Waals surface area contributed by atoms with Crippen LogP contribution in [-0.2, 0) is 6.54 Å². The van der Waals surface area contributed by atoms with Gasteiger partial charge >= 0.3 is 0 Å². The van der Waals surface area contributed by atoms with E-state index >= 15 is 0 Å². The first-order valence-corrected chi connectivity index (χ1v) is 7.13. The van der Waals surface area contributed by atoms with E-state index in [4.69, 9.17) is 0 Å². The van der Waals surface area contributed by atoms with E-state index in [0.29, 0.717) is 12.5 Å². The van der Waals surface area contributed by atoms with E-state index in [1.165, 1.54) is 18.6 Å². The number of rotatable bonds is 3. The van der Waals surface area contributed by atoms with Crippen LogP contribution in [0, 0.1) is 17.2 Å². The van der Waals surface area contributed by atoms with Crippen LogP contribution >= 0.6 is 0 Å². The van der Waals surface area contributed by atoms with Crippen molar-refractivity contribution in [2.45, 2.75) is 51.3 Å². The van der Waals surface area contributed by atoms with Crippen molar-refractivity contribution in [2.75, 3.05) is 0 Å². The normalized spacial score (nSPS) is 35.8. The van der Waals surface area contributed by atoms with Crippen molar-refractivity contribution in [1.29, 1.82) is 0 Å². The SMILES string of the molecule is CC1(C)[C@@H]2CC[C@@]1(NCc1ccc(F)cc1)[C@H](O)C2. The molecule has 0 heterocycles. The molecule has 2 fully saturated rings. The highest BCUT2D eigenvalue weighted by molar-refractivity contribution is 5.21. The zero-order valence-electron chi connectivity index (χ0n) is 11.6. The molecule has 2 N–H and O–H groups in total. The van der Waals surface area contributed by atoms with Crippen LogP contribution in [0.1, 0.15) is 38.7 Å². The zero-order chi connectivity index (χ0) is 13.7. The first kappa shape index (κ1) is 13.1. The Hall–Kier alpha value is -0.930. The predicted octanol–water partition coefficient (Wildman–Crippen LogP) is 2.85. The third-order valence-corrected chi connectivity index (χ3v) is 5.66. The van der Waals surface area contributed by atoms with Crippen LogP contribution in [0.5, 0.6) is 0 Å². The molecule has 0 unspecified atom stereocenters. The summed E-state index contributed by atoms with van der Waals surface area (Å²) in [6.07, 6.45) is 2.87. The lowest BCUT2D eigenvalue weighted by Gasteiger charge is -2.41. The Morgan fingerprint density at radius 3 is 2.53 bits per heavy atom. The van der Waals surface area contributed by atoms with Gasteiger partial charge in [-0.15, -0.1) is 0 Å². The van der Waals surface area contributed by atoms with Gasteiger partial charge in [-0.25, -0.2) is 4.39 Å². The van der Waals surface area contributed by atoms with E-state index in [1.807, 2.05) is 0 Å². The average Bonchev–Trinajstić information content (AvgIpc) is 2.72. The van der Waals surface area contributed by atoms with Crippen molar-refractivity contribution in [3.05, 3.63) is 35.6 Å². The average molecular weight is 263 g/mol. The third-order valence-electron chi connectivity index (χ3n) is 5.66. The first-order chi connectivity index (χ1) is 8.96. The van der Waals surface area contributed by atoms with Crippen molar-refractivity contribution in [3.63, 3.8) is 0 Å². The van der Waals surface area contributed by atoms with E-state index in [2.05, 4.69) is 19.2 Å². The Bertz CT molecular complexity index is 470. The van der Waals surface area contributed by atoms with Gasteiger partial charge in [0.2, 0.25) is 0 Å². The van der Waals surface area contributed by atoms with Gasteiger partial charge in [0.05, 0.1) is 6.10 Å². The Morgan fingerprint density at radius 1 is 1.32 bits per heavy atom. The first-order valence-electron chi connectivity index (χ1n) is 7.13. The lowest BCUT2D eigenvalue weighted by Crippen LogP contribution is -2.57. The summed E-state index contributed by atoms with van der Waals surface area (Å²) < 4.78 is 12.9. The molecule has 0 amide bonds. The number of halogens is 1. The summed E-state index contributed by atoms with van der Waals surface area (Å²) in [4.78, 5) is 0. The van der Waals surface area contributed by atoms with Crippen molar-refractivity contribution in [2.24, 2.45) is 11.3 Å². The van der Waals surface area contributed by atoms with Gasteiger partial charge in [0, 0.05) is 12.1 Å². The number of hydrogen-bond acceptors (Lipinski definition) is 2. The highest BCUT2D eigenvalue weighted by Gasteiger charge is 2.63. The van der Waals surface area contributed by atoms with Gasteiger partial charge in [-0.2, -0.15) is 0 Å². The van der Waals surface area contributed by atoms with Crippen molar-refractivity contribution >= 4 is 0 Å². The third kappa shape index (κ3) is 1.83. The Kier molecular flexibility index (Phi) is 2.95. The number of hydrogen-bond donors (Lipinski definition) is 2. The number of fused-ring (bicyclic) bond motifs is 2. The second kappa shape index (κ2) is 4.29. The maximum Gasteiger partial charge on any atom is 0.123 e. The Balaban J connectivity index is 1.77. The molecule has 0 aromatic heterocycles. The summed E-state index contributed by atoms with van der Waals surface area (Å²) in [5, 5.41) is 14.0. The van der Waals surface area contributed by atoms with Crippen molar-refractivity contribution in [3.8, 4) is 0 Å². The second-order valence-electron chi connectivity index (χ2n) is 6.66. The lowest BCUT2D eigenvalue weighted by molar-refractivity contribution is 0.0366. The molecule has 3 rings (SSSR count). The molecule has 1 aromatic carbocycles. The van der Waals surface area contributed by atoms with E-state index in [1.54, 1.807) is 12.1 Å². The van der Waals surface area contributed by atoms with E-state index in [0.717, 1.165) is 18.4 Å². The maximum absolute atomic E-state index is 12.9. The molecule has 104 valence electrons. The summed E-state index contributed by atoms with van der Waals surface area (Å²) in [7, 11) is 0. The smallest absolute Gasteiger partial charge is 0.123 e. The highest BCUT2D eigenvalue weighted by atomic mass is 19.1. The fourth-order valence-corrected chi connectivity index (χ4v) is 4.22. The van der Waals surface area contributed by atoms with Gasteiger partial charge in [0.25, 0.3) is 0 Å². The topological polar surface area (TPSA) is 32.3 Å². The summed E-state index contributed by atoms with van der Waals surface area (Å²) >= 11 is 0. The molecule has 2 bridgehead atoms. The van der Waals surface area contributed by atoms with Crippen LogP contribution in [0.4, 0.5) is 4.39 Å². The molecule has 2 aliphatic carbocycles. The molecule has 19 heavy (non-hydrogen) atoms. The molecule has 1 aromatic rings. The minimum absolute atomic E-state index is 0.131. The van der Waals surface area contributed by atoms with E-state index in [9.17, 15) is 9.50 Å². The molecule has 0 radical (unpaired) electrons. The second-order valence-corrected chi connectivity index (χ2v) is 6.66. The molecule has 2 nitrogen and oxygen atoms in total. The summed E-state index contributed by atoms with van der Waals surface area (Å²) in [5.41, 5.74) is 1.02. The molecule has 0 spiro atoms. The van der Waals surface area contributed by atoms with E-state index in [-0.39, 0.29) is 22.9 Å². The maximum atomic E-state index is 12.9. The number of aliphatic hydroxyl groups is 1. The summed E-state index contributed by atoms with van der Waals surface area (Å²) in [6, 6.07) is 6.59. The summed E-state index contributed by atoms with van der Waals surface area (Å²) in [6.45, 7) is 5.21. The van der Waals surface area contributed by atoms with Gasteiger partial charge in [-0.3, -0.25) is 0 Å². The molecule has 3 atom stereocenters. The fourth-order valence-electron chi connectivity index (χ4n) is 4.22. The van der Waals surface area contributed by atoms with Crippen molar-refractivity contribution < 1.29 is 9.50 Å². The van der Waals surface area contributed by atoms with Crippen LogP contribution in [-0.4, -0.2) is 16.7 Å². The molecule has 0 saturated heterocycles. The van der Waals surface area contributed by atoms with Gasteiger partial charge < -0.3 is 10.4 Å². The standard InChI is InChI=1S/C16H22FNO/c1-15(2)12-7-8-16(15,14(19)9-12)18-10-11-3-5-13(17)6-4-11/h3-6,12,14,18-19H,7-10H2,1-2H3/t12-,14-,16-/m1/s1. The van der Waals surface area contributed by atoms with E-state index < -0.39 is 0 Å². The largest absolute Gasteiger partial charge is 0.391 e. The zero-order valence-corrected chi connectivity index (χ0v) is 11.6. The monoisotopic (exact) mass is 263 g/mol. The van der Waals surface area contributed by atoms with Crippen LogP contribution < -0.4 is 5.32 Å². The minimum Gasteiger partial charge on any atom is -0.391 e. The van der Waals surface area contributed by atoms with Gasteiger partial charge in [-0.1, -0.05) is 26.0 Å². The van der Waals surface area contributed by atoms with Crippen LogP contribution in [0.2, 0.25) is 0 Å². The molecular formula is C16H22FNO. The van der Waals surface area contributed by atoms with Gasteiger partial charge in [-0.05, 0) is 48.3 Å². The molecule has 2 saturated carbocycles. The Morgan fingerprint density at radius 2 is 2.00 bits per heavy atom. The van der Waals surface area contributed by atoms with Crippen LogP contribution in [0.25, 0.3) is 0 Å². The van der Waals surface area contributed by atoms with Crippen LogP contribution in [0.3, 0.4) is 0 Å². The predicted molar refractivity (Wildman–Crippen MR) is 73.1 cm³/mol. The number of benzene rings is 1. The molecular weight excluding hydrogens is 241 g/mol. The van der Waals surface area contributed by atoms with Crippen LogP contribution in [0.15, 0.2) is 24.3 Å². The molecule has 3 heteroatoms. The minimum atomic E-state index is -0.262. The van der Waals surface area contributed by atoms with Gasteiger partial charge in [0.1, 0.15) is 5.82 Å². The summed E-state index contributed by atoms with van der Waals surface area (Å²) in [5.74, 6) is 0.410. The van der Waals surface area contributed by atoms with Gasteiger partial charge in [0.15, 0.2) is 0 Å². The highest BCUT2D eigenvalue weighted by Crippen LogP contribution is 2.60. The molecule has 2 aliphatic rings.